The van der Waals surface area contributed by atoms with Gasteiger partial charge in [0.05, 0.1) is 0 Å². The Hall–Kier alpha value is -1.72. The molecule has 2 amide bonds. The van der Waals surface area contributed by atoms with Gasteiger partial charge in [-0.15, -0.1) is 0 Å². The van der Waals surface area contributed by atoms with Gasteiger partial charge in [-0.3, -0.25) is 9.59 Å². The van der Waals surface area contributed by atoms with Crippen LogP contribution in [0.25, 0.3) is 0 Å². The van der Waals surface area contributed by atoms with Crippen molar-refractivity contribution in [3.63, 3.8) is 0 Å². The van der Waals surface area contributed by atoms with Crippen LogP contribution < -0.4 is 5.32 Å². The number of carbonyl (C=O) groups excluding carboxylic acids is 2. The third-order valence-electron chi connectivity index (χ3n) is 5.99. The molecule has 1 N–H and O–H groups in total. The number of likely N-dealkylation sites (N-methyl/N-ethyl adjacent to an activating group) is 1. The lowest BCUT2D eigenvalue weighted by molar-refractivity contribution is -0.135. The Morgan fingerprint density at radius 2 is 1.41 bits per heavy atom. The number of nitrogens with one attached hydrogen (secondary N) is 1. The maximum atomic E-state index is 13.2. The predicted octanol–water partition coefficient (Wildman–Crippen LogP) is 0.731. The highest BCUT2D eigenvalue weighted by Gasteiger charge is 2.36. The maximum Gasteiger partial charge on any atom is 0.282 e. The molecule has 0 radical (unpaired) electrons. The van der Waals surface area contributed by atoms with Crippen molar-refractivity contribution in [2.75, 3.05) is 59.4 Å². The van der Waals surface area contributed by atoms with Gasteiger partial charge in [0.2, 0.25) is 5.91 Å². The van der Waals surface area contributed by atoms with E-state index < -0.39 is 16.3 Å². The smallest absolute Gasteiger partial charge is 0.282 e. The SMILES string of the molecule is CC(C)C(NC(=O)c1ccc(Cl)cc1)C(=O)N1CCN(S(=O)(=O)N2CCN(C)CC2)CC1. The highest BCUT2D eigenvalue weighted by atomic mass is 35.5. The largest absolute Gasteiger partial charge is 0.340 e. The summed E-state index contributed by atoms with van der Waals surface area (Å²) in [6, 6.07) is 5.79. The van der Waals surface area contributed by atoms with E-state index in [0.29, 0.717) is 49.9 Å². The van der Waals surface area contributed by atoms with E-state index in [1.165, 1.54) is 8.61 Å². The number of rotatable bonds is 6. The number of benzene rings is 1. The molecule has 2 aliphatic rings. The van der Waals surface area contributed by atoms with Crippen molar-refractivity contribution in [3.05, 3.63) is 34.9 Å². The maximum absolute atomic E-state index is 13.2. The number of hydrogen-bond donors (Lipinski definition) is 1. The second kappa shape index (κ2) is 10.5. The summed E-state index contributed by atoms with van der Waals surface area (Å²) in [5.41, 5.74) is 0.427. The van der Waals surface area contributed by atoms with Crippen LogP contribution in [0.4, 0.5) is 0 Å². The van der Waals surface area contributed by atoms with Gasteiger partial charge in [-0.1, -0.05) is 25.4 Å². The van der Waals surface area contributed by atoms with Gasteiger partial charge in [-0.25, -0.2) is 0 Å². The Balaban J connectivity index is 1.59. The lowest BCUT2D eigenvalue weighted by atomic mass is 10.0. The van der Waals surface area contributed by atoms with Gasteiger partial charge in [-0.05, 0) is 37.2 Å². The van der Waals surface area contributed by atoms with E-state index in [4.69, 9.17) is 11.6 Å². The monoisotopic (exact) mass is 485 g/mol. The molecule has 1 aromatic rings. The van der Waals surface area contributed by atoms with Gasteiger partial charge in [0, 0.05) is 62.9 Å². The van der Waals surface area contributed by atoms with Crippen LogP contribution in [0.15, 0.2) is 24.3 Å². The molecule has 11 heteroatoms. The van der Waals surface area contributed by atoms with Gasteiger partial charge in [0.25, 0.3) is 16.1 Å². The third kappa shape index (κ3) is 5.79. The lowest BCUT2D eigenvalue weighted by Crippen LogP contribution is -2.59. The average Bonchev–Trinajstić information content (AvgIpc) is 2.77. The molecule has 9 nitrogen and oxygen atoms in total. The third-order valence-corrected chi connectivity index (χ3v) is 8.28. The van der Waals surface area contributed by atoms with E-state index in [1.54, 1.807) is 29.2 Å². The van der Waals surface area contributed by atoms with E-state index in [-0.39, 0.29) is 30.8 Å². The van der Waals surface area contributed by atoms with Crippen LogP contribution in [-0.4, -0.2) is 104 Å². The zero-order valence-corrected chi connectivity index (χ0v) is 20.4. The summed E-state index contributed by atoms with van der Waals surface area (Å²) in [6.45, 7) is 7.21. The van der Waals surface area contributed by atoms with Crippen molar-refractivity contribution >= 4 is 33.6 Å². The molecule has 178 valence electrons. The van der Waals surface area contributed by atoms with Crippen LogP contribution in [0.5, 0.6) is 0 Å². The molecule has 2 aliphatic heterocycles. The summed E-state index contributed by atoms with van der Waals surface area (Å²) < 4.78 is 28.9. The summed E-state index contributed by atoms with van der Waals surface area (Å²) in [6.07, 6.45) is 0. The Bertz CT molecular complexity index is 909. The summed E-state index contributed by atoms with van der Waals surface area (Å²) >= 11 is 5.88. The highest BCUT2D eigenvalue weighted by molar-refractivity contribution is 7.86. The molecule has 0 aliphatic carbocycles. The molecular formula is C21H32ClN5O4S. The van der Waals surface area contributed by atoms with Crippen molar-refractivity contribution in [1.82, 2.24) is 23.7 Å². The fraction of sp³-hybridized carbons (Fsp3) is 0.619. The molecule has 1 aromatic carbocycles. The van der Waals surface area contributed by atoms with Crippen LogP contribution in [0.2, 0.25) is 5.02 Å². The zero-order chi connectivity index (χ0) is 23.5. The van der Waals surface area contributed by atoms with E-state index in [0.717, 1.165) is 0 Å². The van der Waals surface area contributed by atoms with Crippen LogP contribution in [-0.2, 0) is 15.0 Å². The normalized spacial score (nSPS) is 20.3. The Morgan fingerprint density at radius 1 is 0.906 bits per heavy atom. The molecule has 2 heterocycles. The van der Waals surface area contributed by atoms with Crippen molar-refractivity contribution in [2.45, 2.75) is 19.9 Å². The molecule has 32 heavy (non-hydrogen) atoms. The van der Waals surface area contributed by atoms with Gasteiger partial charge < -0.3 is 15.1 Å². The number of nitrogens with zero attached hydrogens (tertiary/aromatic N) is 4. The van der Waals surface area contributed by atoms with Crippen LogP contribution in [0.1, 0.15) is 24.2 Å². The summed E-state index contributed by atoms with van der Waals surface area (Å²) in [4.78, 5) is 29.5. The second-order valence-corrected chi connectivity index (χ2v) is 11.0. The lowest BCUT2D eigenvalue weighted by Gasteiger charge is -2.40. The minimum Gasteiger partial charge on any atom is -0.340 e. The molecule has 3 rings (SSSR count). The molecule has 0 bridgehead atoms. The fourth-order valence-corrected chi connectivity index (χ4v) is 5.56. The predicted molar refractivity (Wildman–Crippen MR) is 124 cm³/mol. The van der Waals surface area contributed by atoms with Crippen molar-refractivity contribution in [1.29, 1.82) is 0 Å². The molecule has 2 saturated heterocycles. The molecule has 0 saturated carbocycles. The molecule has 0 spiro atoms. The number of halogens is 1. The molecule has 1 atom stereocenters. The van der Waals surface area contributed by atoms with Crippen LogP contribution in [0, 0.1) is 5.92 Å². The summed E-state index contributed by atoms with van der Waals surface area (Å²) in [5.74, 6) is -0.658. The van der Waals surface area contributed by atoms with Crippen molar-refractivity contribution < 1.29 is 18.0 Å². The quantitative estimate of drug-likeness (QED) is 0.641. The Kier molecular flexibility index (Phi) is 8.16. The first-order valence-corrected chi connectivity index (χ1v) is 12.7. The topological polar surface area (TPSA) is 93.3 Å². The Morgan fingerprint density at radius 3 is 1.91 bits per heavy atom. The summed E-state index contributed by atoms with van der Waals surface area (Å²) in [7, 11) is -1.55. The van der Waals surface area contributed by atoms with Crippen molar-refractivity contribution in [3.8, 4) is 0 Å². The highest BCUT2D eigenvalue weighted by Crippen LogP contribution is 2.17. The van der Waals surface area contributed by atoms with Crippen molar-refractivity contribution in [2.24, 2.45) is 5.92 Å². The Labute approximate surface area is 195 Å². The van der Waals surface area contributed by atoms with Crippen LogP contribution in [0.3, 0.4) is 0 Å². The standard InChI is InChI=1S/C21H32ClN5O4S/c1-16(2)19(23-20(28)17-4-6-18(22)7-5-17)21(29)25-10-14-27(15-11-25)32(30,31)26-12-8-24(3)9-13-26/h4-7,16,19H,8-15H2,1-3H3,(H,23,28). The number of amides is 2. The summed E-state index contributed by atoms with van der Waals surface area (Å²) in [5, 5.41) is 3.36. The first-order valence-electron chi connectivity index (χ1n) is 10.9. The van der Waals surface area contributed by atoms with Gasteiger partial charge in [0.1, 0.15) is 6.04 Å². The minimum atomic E-state index is -3.53. The molecule has 1 unspecified atom stereocenters. The van der Waals surface area contributed by atoms with Crippen LogP contribution >= 0.6 is 11.6 Å². The number of carbonyl (C=O) groups is 2. The number of piperazine rings is 2. The van der Waals surface area contributed by atoms with E-state index >= 15 is 0 Å². The zero-order valence-electron chi connectivity index (χ0n) is 18.8. The first kappa shape index (κ1) is 24.9. The number of hydrogen-bond acceptors (Lipinski definition) is 5. The molecule has 0 aromatic heterocycles. The average molecular weight is 486 g/mol. The van der Waals surface area contributed by atoms with Gasteiger partial charge in [0.15, 0.2) is 0 Å². The van der Waals surface area contributed by atoms with E-state index in [1.807, 2.05) is 20.9 Å². The molecular weight excluding hydrogens is 454 g/mol. The second-order valence-electron chi connectivity index (χ2n) is 8.64. The van der Waals surface area contributed by atoms with Gasteiger partial charge in [-0.2, -0.15) is 17.0 Å². The van der Waals surface area contributed by atoms with E-state index in [2.05, 4.69) is 10.2 Å². The molecule has 2 fully saturated rings. The fourth-order valence-electron chi connectivity index (χ4n) is 3.86. The minimum absolute atomic E-state index is 0.120. The van der Waals surface area contributed by atoms with Gasteiger partial charge >= 0.3 is 0 Å². The first-order chi connectivity index (χ1) is 15.1. The van der Waals surface area contributed by atoms with E-state index in [9.17, 15) is 18.0 Å².